The third-order valence-corrected chi connectivity index (χ3v) is 4.88. The van der Waals surface area contributed by atoms with E-state index < -0.39 is 0 Å². The van der Waals surface area contributed by atoms with E-state index in [2.05, 4.69) is 48.0 Å². The first-order valence-corrected chi connectivity index (χ1v) is 10.7. The quantitative estimate of drug-likeness (QED) is 0.210. The van der Waals surface area contributed by atoms with E-state index >= 15 is 0 Å². The SMILES string of the molecule is CC/C=C(\NCc1ccc(C)c(C)c1)NC(=O)/C(NCCCCCOC)=C(\C)C=N. The Kier molecular flexibility index (Phi) is 12.2. The first-order valence-electron chi connectivity index (χ1n) is 10.7. The Labute approximate surface area is 181 Å². The van der Waals surface area contributed by atoms with E-state index in [9.17, 15) is 4.79 Å². The first-order chi connectivity index (χ1) is 14.4. The van der Waals surface area contributed by atoms with Crippen LogP contribution in [0.3, 0.4) is 0 Å². The maximum atomic E-state index is 12.9. The number of carbonyl (C=O) groups excluding carboxylic acids is 1. The van der Waals surface area contributed by atoms with Crippen LogP contribution < -0.4 is 16.0 Å². The van der Waals surface area contributed by atoms with Gasteiger partial charge in [-0.1, -0.05) is 25.1 Å². The molecule has 0 unspecified atom stereocenters. The molecule has 6 nitrogen and oxygen atoms in total. The van der Waals surface area contributed by atoms with E-state index in [1.165, 1.54) is 17.3 Å². The molecule has 0 atom stereocenters. The lowest BCUT2D eigenvalue weighted by Crippen LogP contribution is -2.37. The molecule has 0 aromatic heterocycles. The Bertz CT molecular complexity index is 754. The van der Waals surface area contributed by atoms with Crippen LogP contribution in [0.4, 0.5) is 0 Å². The highest BCUT2D eigenvalue weighted by Crippen LogP contribution is 2.10. The van der Waals surface area contributed by atoms with E-state index in [0.29, 0.717) is 30.2 Å². The van der Waals surface area contributed by atoms with Crippen molar-refractivity contribution in [2.75, 3.05) is 20.3 Å². The fourth-order valence-electron chi connectivity index (χ4n) is 2.90. The van der Waals surface area contributed by atoms with Gasteiger partial charge >= 0.3 is 0 Å². The highest BCUT2D eigenvalue weighted by Gasteiger charge is 2.13. The van der Waals surface area contributed by atoms with Crippen molar-refractivity contribution in [2.24, 2.45) is 0 Å². The van der Waals surface area contributed by atoms with Crippen molar-refractivity contribution in [3.8, 4) is 0 Å². The molecule has 166 valence electrons. The predicted octanol–water partition coefficient (Wildman–Crippen LogP) is 4.09. The average molecular weight is 415 g/mol. The van der Waals surface area contributed by atoms with E-state index in [-0.39, 0.29) is 5.91 Å². The van der Waals surface area contributed by atoms with Crippen LogP contribution in [0.2, 0.25) is 0 Å². The fourth-order valence-corrected chi connectivity index (χ4v) is 2.90. The van der Waals surface area contributed by atoms with Gasteiger partial charge in [0.05, 0.1) is 0 Å². The summed E-state index contributed by atoms with van der Waals surface area (Å²) in [6, 6.07) is 6.36. The molecular weight excluding hydrogens is 376 g/mol. The zero-order valence-electron chi connectivity index (χ0n) is 19.2. The highest BCUT2D eigenvalue weighted by molar-refractivity contribution is 5.99. The minimum atomic E-state index is -0.236. The summed E-state index contributed by atoms with van der Waals surface area (Å²) < 4.78 is 5.06. The Morgan fingerprint density at radius 3 is 2.53 bits per heavy atom. The fraction of sp³-hybridized carbons (Fsp3) is 0.500. The second-order valence-electron chi connectivity index (χ2n) is 7.43. The minimum absolute atomic E-state index is 0.236. The summed E-state index contributed by atoms with van der Waals surface area (Å²) in [6.07, 6.45) is 6.93. The Hall–Kier alpha value is -2.60. The van der Waals surface area contributed by atoms with Gasteiger partial charge in [-0.15, -0.1) is 0 Å². The van der Waals surface area contributed by atoms with Gasteiger partial charge in [0, 0.05) is 33.0 Å². The second kappa shape index (κ2) is 14.4. The highest BCUT2D eigenvalue weighted by atomic mass is 16.5. The maximum absolute atomic E-state index is 12.9. The lowest BCUT2D eigenvalue weighted by atomic mass is 10.1. The zero-order chi connectivity index (χ0) is 22.4. The van der Waals surface area contributed by atoms with Crippen molar-refractivity contribution < 1.29 is 9.53 Å². The summed E-state index contributed by atoms with van der Waals surface area (Å²) in [4.78, 5) is 12.9. The summed E-state index contributed by atoms with van der Waals surface area (Å²) in [5.41, 5.74) is 4.72. The molecule has 0 aliphatic carbocycles. The summed E-state index contributed by atoms with van der Waals surface area (Å²) in [6.45, 7) is 10.1. The molecule has 6 heteroatoms. The largest absolute Gasteiger partial charge is 0.385 e. The number of unbranched alkanes of at least 4 members (excludes halogenated alkanes) is 2. The molecule has 1 aromatic rings. The van der Waals surface area contributed by atoms with Crippen LogP contribution in [0.25, 0.3) is 0 Å². The first kappa shape index (κ1) is 25.4. The number of allylic oxidation sites excluding steroid dienone is 2. The normalized spacial score (nSPS) is 12.2. The number of aryl methyl sites for hydroxylation is 2. The zero-order valence-corrected chi connectivity index (χ0v) is 19.2. The number of rotatable bonds is 14. The summed E-state index contributed by atoms with van der Waals surface area (Å²) >= 11 is 0. The van der Waals surface area contributed by atoms with E-state index in [4.69, 9.17) is 10.1 Å². The number of nitrogens with one attached hydrogen (secondary N) is 4. The van der Waals surface area contributed by atoms with Gasteiger partial charge in [0.2, 0.25) is 0 Å². The molecular formula is C24H38N4O2. The smallest absolute Gasteiger partial charge is 0.273 e. The average Bonchev–Trinajstić information content (AvgIpc) is 2.73. The Balaban J connectivity index is 2.71. The second-order valence-corrected chi connectivity index (χ2v) is 7.43. The molecule has 0 spiro atoms. The number of carbonyl (C=O) groups is 1. The van der Waals surface area contributed by atoms with Gasteiger partial charge in [-0.3, -0.25) is 4.79 Å². The Morgan fingerprint density at radius 2 is 1.90 bits per heavy atom. The van der Waals surface area contributed by atoms with Gasteiger partial charge in [-0.2, -0.15) is 0 Å². The van der Waals surface area contributed by atoms with Crippen molar-refractivity contribution in [3.63, 3.8) is 0 Å². The molecule has 30 heavy (non-hydrogen) atoms. The van der Waals surface area contributed by atoms with Gasteiger partial charge < -0.3 is 26.1 Å². The summed E-state index contributed by atoms with van der Waals surface area (Å²) in [5, 5.41) is 17.0. The number of hydrogen-bond acceptors (Lipinski definition) is 5. The van der Waals surface area contributed by atoms with Crippen LogP contribution in [0.5, 0.6) is 0 Å². The molecule has 0 aliphatic rings. The molecule has 4 N–H and O–H groups in total. The molecule has 0 heterocycles. The third kappa shape index (κ3) is 9.27. The topological polar surface area (TPSA) is 86.2 Å². The van der Waals surface area contributed by atoms with E-state index in [1.807, 2.05) is 13.0 Å². The van der Waals surface area contributed by atoms with Crippen LogP contribution in [0, 0.1) is 19.3 Å². The molecule has 0 fully saturated rings. The van der Waals surface area contributed by atoms with Crippen LogP contribution in [0.1, 0.15) is 56.2 Å². The van der Waals surface area contributed by atoms with Crippen LogP contribution >= 0.6 is 0 Å². The maximum Gasteiger partial charge on any atom is 0.273 e. The lowest BCUT2D eigenvalue weighted by Gasteiger charge is -2.17. The number of benzene rings is 1. The van der Waals surface area contributed by atoms with Gasteiger partial charge in [0.25, 0.3) is 5.91 Å². The van der Waals surface area contributed by atoms with Gasteiger partial charge in [-0.05, 0) is 74.8 Å². The number of hydrogen-bond donors (Lipinski definition) is 4. The lowest BCUT2D eigenvalue weighted by molar-refractivity contribution is -0.117. The van der Waals surface area contributed by atoms with Crippen molar-refractivity contribution in [2.45, 2.75) is 59.9 Å². The minimum Gasteiger partial charge on any atom is -0.385 e. The van der Waals surface area contributed by atoms with Crippen LogP contribution in [0.15, 0.2) is 41.4 Å². The van der Waals surface area contributed by atoms with Gasteiger partial charge in [-0.25, -0.2) is 0 Å². The number of amides is 1. The third-order valence-electron chi connectivity index (χ3n) is 4.88. The van der Waals surface area contributed by atoms with E-state index in [1.54, 1.807) is 14.0 Å². The van der Waals surface area contributed by atoms with Crippen molar-refractivity contribution in [3.05, 3.63) is 58.1 Å². The standard InChI is InChI=1S/C24H38N4O2/c1-6-10-22(27-17-21-12-11-18(2)19(3)15-21)28-24(29)23(20(4)16-25)26-13-8-7-9-14-30-5/h10-12,15-16,25-27H,6-9,13-14,17H2,1-5H3,(H,28,29)/b22-10+,23-20-,25-16?. The van der Waals surface area contributed by atoms with Crippen molar-refractivity contribution in [1.29, 1.82) is 5.41 Å². The molecule has 0 bridgehead atoms. The summed E-state index contributed by atoms with van der Waals surface area (Å²) in [5.74, 6) is 0.443. The van der Waals surface area contributed by atoms with Crippen molar-refractivity contribution >= 4 is 12.1 Å². The summed E-state index contributed by atoms with van der Waals surface area (Å²) in [7, 11) is 1.70. The Morgan fingerprint density at radius 1 is 1.13 bits per heavy atom. The number of methoxy groups -OCH3 is 1. The predicted molar refractivity (Wildman–Crippen MR) is 124 cm³/mol. The van der Waals surface area contributed by atoms with Crippen molar-refractivity contribution in [1.82, 2.24) is 16.0 Å². The molecule has 1 amide bonds. The molecule has 1 rings (SSSR count). The molecule has 0 radical (unpaired) electrons. The number of ether oxygens (including phenoxy) is 1. The molecule has 0 saturated carbocycles. The molecule has 0 saturated heterocycles. The van der Waals surface area contributed by atoms with Gasteiger partial charge in [0.1, 0.15) is 11.5 Å². The monoisotopic (exact) mass is 414 g/mol. The van der Waals surface area contributed by atoms with Gasteiger partial charge in [0.15, 0.2) is 0 Å². The van der Waals surface area contributed by atoms with E-state index in [0.717, 1.165) is 37.9 Å². The van der Waals surface area contributed by atoms with Crippen LogP contribution in [-0.4, -0.2) is 32.4 Å². The molecule has 1 aromatic carbocycles. The molecule has 0 aliphatic heterocycles. The van der Waals surface area contributed by atoms with Crippen LogP contribution in [-0.2, 0) is 16.1 Å².